The normalized spacial score (nSPS) is 10.4. The van der Waals surface area contributed by atoms with Gasteiger partial charge in [-0.15, -0.1) is 0 Å². The number of carbonyl (C=O) groups excluding carboxylic acids is 1. The summed E-state index contributed by atoms with van der Waals surface area (Å²) in [6.45, 7) is 0. The number of hydrogen-bond donors (Lipinski definition) is 0. The zero-order chi connectivity index (χ0) is 11.7. The van der Waals surface area contributed by atoms with E-state index in [9.17, 15) is 13.6 Å². The lowest BCUT2D eigenvalue weighted by molar-refractivity contribution is 0.111. The summed E-state index contributed by atoms with van der Waals surface area (Å²) in [5.41, 5.74) is 0.211. The molecular weight excluding hydrogens is 236 g/mol. The fourth-order valence-electron chi connectivity index (χ4n) is 1.46. The molecular formula is C11H6ClF2NO. The highest BCUT2D eigenvalue weighted by Gasteiger charge is 2.13. The smallest absolute Gasteiger partial charge is 0.166 e. The van der Waals surface area contributed by atoms with Crippen LogP contribution in [-0.4, -0.2) is 10.9 Å². The fourth-order valence-corrected chi connectivity index (χ4v) is 1.74. The lowest BCUT2D eigenvalue weighted by Gasteiger charge is -2.09. The highest BCUT2D eigenvalue weighted by Crippen LogP contribution is 2.26. The van der Waals surface area contributed by atoms with Gasteiger partial charge < -0.3 is 4.57 Å². The molecule has 0 radical (unpaired) electrons. The zero-order valence-corrected chi connectivity index (χ0v) is 8.71. The molecule has 0 aliphatic carbocycles. The van der Waals surface area contributed by atoms with Crippen molar-refractivity contribution in [3.8, 4) is 5.69 Å². The van der Waals surface area contributed by atoms with Gasteiger partial charge in [-0.1, -0.05) is 11.6 Å². The molecule has 0 bridgehead atoms. The molecule has 0 fully saturated rings. The average molecular weight is 242 g/mol. The van der Waals surface area contributed by atoms with Crippen LogP contribution in [0.4, 0.5) is 8.78 Å². The van der Waals surface area contributed by atoms with Crippen molar-refractivity contribution in [1.29, 1.82) is 0 Å². The van der Waals surface area contributed by atoms with Crippen LogP contribution in [0.25, 0.3) is 5.69 Å². The van der Waals surface area contributed by atoms with Gasteiger partial charge in [0.1, 0.15) is 11.5 Å². The monoisotopic (exact) mass is 241 g/mol. The molecule has 16 heavy (non-hydrogen) atoms. The van der Waals surface area contributed by atoms with Crippen molar-refractivity contribution in [3.63, 3.8) is 0 Å². The Hall–Kier alpha value is -1.68. The van der Waals surface area contributed by atoms with Crippen LogP contribution >= 0.6 is 11.6 Å². The summed E-state index contributed by atoms with van der Waals surface area (Å²) in [7, 11) is 0. The number of benzene rings is 1. The minimum atomic E-state index is -0.815. The SMILES string of the molecule is O=Cc1cccn1-c1c(F)cc(F)cc1Cl. The molecule has 82 valence electrons. The first kappa shape index (κ1) is 10.8. The molecule has 2 nitrogen and oxygen atoms in total. The minimum absolute atomic E-state index is 0.0323. The Morgan fingerprint density at radius 3 is 2.69 bits per heavy atom. The summed E-state index contributed by atoms with van der Waals surface area (Å²) in [6.07, 6.45) is 2.05. The van der Waals surface area contributed by atoms with Gasteiger partial charge in [-0.2, -0.15) is 0 Å². The van der Waals surface area contributed by atoms with Crippen molar-refractivity contribution < 1.29 is 13.6 Å². The highest BCUT2D eigenvalue weighted by molar-refractivity contribution is 6.32. The quantitative estimate of drug-likeness (QED) is 0.740. The molecule has 0 N–H and O–H groups in total. The van der Waals surface area contributed by atoms with E-state index in [1.165, 1.54) is 16.8 Å². The standard InChI is InChI=1S/C11H6ClF2NO/c12-9-4-7(13)5-10(14)11(9)15-3-1-2-8(15)6-16/h1-6H. The molecule has 0 spiro atoms. The molecule has 0 aliphatic rings. The molecule has 1 aromatic heterocycles. The van der Waals surface area contributed by atoms with Crippen LogP contribution in [0.5, 0.6) is 0 Å². The van der Waals surface area contributed by atoms with Crippen LogP contribution in [0.2, 0.25) is 5.02 Å². The van der Waals surface area contributed by atoms with E-state index in [-0.39, 0.29) is 16.4 Å². The second kappa shape index (κ2) is 4.06. The number of halogens is 3. The lowest BCUT2D eigenvalue weighted by atomic mass is 10.3. The maximum absolute atomic E-state index is 13.5. The van der Waals surface area contributed by atoms with Crippen molar-refractivity contribution in [2.24, 2.45) is 0 Å². The number of hydrogen-bond acceptors (Lipinski definition) is 1. The van der Waals surface area contributed by atoms with Crippen LogP contribution < -0.4 is 0 Å². The molecule has 0 atom stereocenters. The van der Waals surface area contributed by atoms with Gasteiger partial charge in [-0.25, -0.2) is 8.78 Å². The van der Waals surface area contributed by atoms with E-state index < -0.39 is 11.6 Å². The lowest BCUT2D eigenvalue weighted by Crippen LogP contribution is -2.02. The first-order valence-electron chi connectivity index (χ1n) is 4.41. The van der Waals surface area contributed by atoms with Crippen molar-refractivity contribution in [1.82, 2.24) is 4.57 Å². The van der Waals surface area contributed by atoms with E-state index in [0.29, 0.717) is 6.29 Å². The second-order valence-corrected chi connectivity index (χ2v) is 3.55. The summed E-state index contributed by atoms with van der Waals surface area (Å²) in [5, 5.41) is -0.0863. The number of carbonyl (C=O) groups is 1. The molecule has 0 saturated carbocycles. The molecule has 1 heterocycles. The molecule has 2 aromatic rings. The third-order valence-electron chi connectivity index (χ3n) is 2.12. The predicted molar refractivity (Wildman–Crippen MR) is 56.1 cm³/mol. The van der Waals surface area contributed by atoms with Crippen molar-refractivity contribution >= 4 is 17.9 Å². The molecule has 1 aromatic carbocycles. The van der Waals surface area contributed by atoms with Crippen LogP contribution in [0, 0.1) is 11.6 Å². The largest absolute Gasteiger partial charge is 0.310 e. The number of aldehydes is 1. The number of rotatable bonds is 2. The first-order valence-corrected chi connectivity index (χ1v) is 4.78. The van der Waals surface area contributed by atoms with Gasteiger partial charge in [0.15, 0.2) is 12.1 Å². The van der Waals surface area contributed by atoms with E-state index in [2.05, 4.69) is 0 Å². The molecule has 0 amide bonds. The zero-order valence-electron chi connectivity index (χ0n) is 7.95. The third kappa shape index (κ3) is 1.72. The fraction of sp³-hybridized carbons (Fsp3) is 0. The predicted octanol–water partition coefficient (Wildman–Crippen LogP) is 3.22. The maximum Gasteiger partial charge on any atom is 0.166 e. The number of nitrogens with zero attached hydrogens (tertiary/aromatic N) is 1. The van der Waals surface area contributed by atoms with Crippen LogP contribution in [0.15, 0.2) is 30.5 Å². The second-order valence-electron chi connectivity index (χ2n) is 3.14. The summed E-state index contributed by atoms with van der Waals surface area (Å²) in [4.78, 5) is 10.7. The van der Waals surface area contributed by atoms with Crippen molar-refractivity contribution in [3.05, 3.63) is 52.8 Å². The summed E-state index contributed by atoms with van der Waals surface area (Å²) >= 11 is 5.74. The Labute approximate surface area is 95.1 Å². The Morgan fingerprint density at radius 2 is 2.06 bits per heavy atom. The van der Waals surface area contributed by atoms with Crippen molar-refractivity contribution in [2.75, 3.05) is 0 Å². The Balaban J connectivity index is 2.69. The number of aromatic nitrogens is 1. The van der Waals surface area contributed by atoms with Crippen LogP contribution in [-0.2, 0) is 0 Å². The van der Waals surface area contributed by atoms with Gasteiger partial charge in [0.05, 0.1) is 10.7 Å². The van der Waals surface area contributed by atoms with Crippen LogP contribution in [0.1, 0.15) is 10.5 Å². The molecule has 5 heteroatoms. The average Bonchev–Trinajstić information content (AvgIpc) is 2.64. The van der Waals surface area contributed by atoms with Gasteiger partial charge in [0.25, 0.3) is 0 Å². The molecule has 0 saturated heterocycles. The topological polar surface area (TPSA) is 22.0 Å². The summed E-state index contributed by atoms with van der Waals surface area (Å²) in [6, 6.07) is 4.79. The van der Waals surface area contributed by atoms with Crippen molar-refractivity contribution in [2.45, 2.75) is 0 Å². The van der Waals surface area contributed by atoms with E-state index in [1.807, 2.05) is 0 Å². The molecule has 0 aliphatic heterocycles. The molecule has 0 unspecified atom stereocenters. The maximum atomic E-state index is 13.5. The minimum Gasteiger partial charge on any atom is -0.310 e. The Bertz CT molecular complexity index is 528. The van der Waals surface area contributed by atoms with E-state index >= 15 is 0 Å². The highest BCUT2D eigenvalue weighted by atomic mass is 35.5. The first-order chi connectivity index (χ1) is 7.63. The molecule has 2 rings (SSSR count). The van der Waals surface area contributed by atoms with Crippen LogP contribution in [0.3, 0.4) is 0 Å². The van der Waals surface area contributed by atoms with Gasteiger partial charge in [0, 0.05) is 12.3 Å². The van der Waals surface area contributed by atoms with E-state index in [0.717, 1.165) is 12.1 Å². The van der Waals surface area contributed by atoms with E-state index in [4.69, 9.17) is 11.6 Å². The van der Waals surface area contributed by atoms with E-state index in [1.54, 1.807) is 6.07 Å². The summed E-state index contributed by atoms with van der Waals surface area (Å²) in [5.74, 6) is -1.57. The van der Waals surface area contributed by atoms with Gasteiger partial charge >= 0.3 is 0 Å². The Kier molecular flexibility index (Phi) is 2.75. The van der Waals surface area contributed by atoms with Gasteiger partial charge in [-0.3, -0.25) is 4.79 Å². The van der Waals surface area contributed by atoms with Gasteiger partial charge in [-0.05, 0) is 18.2 Å². The summed E-state index contributed by atoms with van der Waals surface area (Å²) < 4.78 is 27.6. The third-order valence-corrected chi connectivity index (χ3v) is 2.41. The Morgan fingerprint density at radius 1 is 1.31 bits per heavy atom. The van der Waals surface area contributed by atoms with Gasteiger partial charge in [0.2, 0.25) is 0 Å².